The Morgan fingerprint density at radius 3 is 2.54 bits per heavy atom. The fourth-order valence-corrected chi connectivity index (χ4v) is 2.96. The molecule has 2 rings (SSSR count). The highest BCUT2D eigenvalue weighted by Gasteiger charge is 2.11. The molecule has 0 fully saturated rings. The number of hydrogen-bond donors (Lipinski definition) is 3. The van der Waals surface area contributed by atoms with Gasteiger partial charge in [-0.25, -0.2) is 8.42 Å². The molecule has 0 saturated heterocycles. The Kier molecular flexibility index (Phi) is 7.00. The van der Waals surface area contributed by atoms with Gasteiger partial charge in [-0.2, -0.15) is 0 Å². The molecule has 0 aromatic heterocycles. The Labute approximate surface area is 164 Å². The minimum Gasteiger partial charge on any atom is -0.484 e. The summed E-state index contributed by atoms with van der Waals surface area (Å²) < 4.78 is 30.7. The second kappa shape index (κ2) is 9.23. The van der Waals surface area contributed by atoms with Crippen LogP contribution >= 0.6 is 0 Å². The molecule has 8 nitrogen and oxygen atoms in total. The van der Waals surface area contributed by atoms with Crippen LogP contribution in [-0.4, -0.2) is 39.6 Å². The molecule has 0 aliphatic heterocycles. The number of carbonyl (C=O) groups excluding carboxylic acids is 2. The minimum absolute atomic E-state index is 0.121. The van der Waals surface area contributed by atoms with Crippen LogP contribution in [0.2, 0.25) is 0 Å². The summed E-state index contributed by atoms with van der Waals surface area (Å²) in [5.41, 5.74) is 1.82. The first-order valence-corrected chi connectivity index (χ1v) is 10.5. The average Bonchev–Trinajstić information content (AvgIpc) is 2.61. The maximum atomic E-state index is 12.5. The van der Waals surface area contributed by atoms with Gasteiger partial charge < -0.3 is 15.4 Å². The lowest BCUT2D eigenvalue weighted by atomic mass is 10.1. The van der Waals surface area contributed by atoms with Gasteiger partial charge in [-0.1, -0.05) is 12.1 Å². The number of ether oxygens (including phenoxy) is 1. The van der Waals surface area contributed by atoms with Crippen molar-refractivity contribution in [3.05, 3.63) is 53.6 Å². The van der Waals surface area contributed by atoms with Crippen LogP contribution in [0.25, 0.3) is 0 Å². The molecule has 0 heterocycles. The molecule has 0 saturated carbocycles. The number of aryl methyl sites for hydroxylation is 1. The Morgan fingerprint density at radius 1 is 1.11 bits per heavy atom. The predicted molar refractivity (Wildman–Crippen MR) is 108 cm³/mol. The lowest BCUT2D eigenvalue weighted by molar-refractivity contribution is -0.122. The topological polar surface area (TPSA) is 114 Å². The van der Waals surface area contributed by atoms with Crippen molar-refractivity contribution in [1.82, 2.24) is 5.32 Å². The molecule has 0 bridgehead atoms. The third-order valence-corrected chi connectivity index (χ3v) is 4.22. The summed E-state index contributed by atoms with van der Waals surface area (Å²) in [5, 5.41) is 5.35. The quantitative estimate of drug-likeness (QED) is 0.623. The molecule has 2 aromatic carbocycles. The molecule has 0 aliphatic carbocycles. The maximum absolute atomic E-state index is 12.5. The van der Waals surface area contributed by atoms with Crippen molar-refractivity contribution < 1.29 is 22.7 Å². The van der Waals surface area contributed by atoms with E-state index in [1.54, 1.807) is 43.3 Å². The van der Waals surface area contributed by atoms with Gasteiger partial charge in [0, 0.05) is 23.9 Å². The van der Waals surface area contributed by atoms with Gasteiger partial charge in [-0.05, 0) is 43.7 Å². The van der Waals surface area contributed by atoms with E-state index in [9.17, 15) is 18.0 Å². The highest BCUT2D eigenvalue weighted by Crippen LogP contribution is 2.21. The van der Waals surface area contributed by atoms with Crippen LogP contribution in [0.15, 0.2) is 42.5 Å². The van der Waals surface area contributed by atoms with E-state index in [0.717, 1.165) is 6.26 Å². The van der Waals surface area contributed by atoms with Crippen molar-refractivity contribution in [2.45, 2.75) is 13.8 Å². The highest BCUT2D eigenvalue weighted by atomic mass is 32.2. The van der Waals surface area contributed by atoms with E-state index in [2.05, 4.69) is 15.4 Å². The standard InChI is InChI=1S/C19H23N3O5S/c1-4-20-18(23)12-27-16-7-5-6-15(11-16)21-19(24)14-9-8-13(2)17(10-14)22-28(3,25)26/h5-11,22H,4,12H2,1-3H3,(H,20,23)(H,21,24). The van der Waals surface area contributed by atoms with Crippen molar-refractivity contribution in [3.63, 3.8) is 0 Å². The number of anilines is 2. The number of likely N-dealkylation sites (N-methyl/N-ethyl adjacent to an activating group) is 1. The molecule has 0 unspecified atom stereocenters. The monoisotopic (exact) mass is 405 g/mol. The Hall–Kier alpha value is -3.07. The average molecular weight is 405 g/mol. The van der Waals surface area contributed by atoms with E-state index in [0.29, 0.717) is 34.8 Å². The van der Waals surface area contributed by atoms with E-state index in [4.69, 9.17) is 4.74 Å². The fraction of sp³-hybridized carbons (Fsp3) is 0.263. The van der Waals surface area contributed by atoms with Gasteiger partial charge in [0.25, 0.3) is 11.8 Å². The number of amides is 2. The molecule has 0 aliphatic rings. The third-order valence-electron chi connectivity index (χ3n) is 3.63. The van der Waals surface area contributed by atoms with Gasteiger partial charge >= 0.3 is 0 Å². The van der Waals surface area contributed by atoms with Crippen molar-refractivity contribution in [3.8, 4) is 5.75 Å². The van der Waals surface area contributed by atoms with Crippen LogP contribution < -0.4 is 20.1 Å². The van der Waals surface area contributed by atoms with E-state index in [-0.39, 0.29) is 12.5 Å². The van der Waals surface area contributed by atoms with Crippen LogP contribution in [0.3, 0.4) is 0 Å². The highest BCUT2D eigenvalue weighted by molar-refractivity contribution is 7.92. The Morgan fingerprint density at radius 2 is 1.86 bits per heavy atom. The predicted octanol–water partition coefficient (Wildman–Crippen LogP) is 2.13. The summed E-state index contributed by atoms with van der Waals surface area (Å²) in [6.07, 6.45) is 1.05. The molecule has 3 N–H and O–H groups in total. The van der Waals surface area contributed by atoms with Gasteiger partial charge in [0.05, 0.1) is 11.9 Å². The second-order valence-corrected chi connectivity index (χ2v) is 7.88. The largest absolute Gasteiger partial charge is 0.484 e. The fourth-order valence-electron chi connectivity index (χ4n) is 2.34. The van der Waals surface area contributed by atoms with Gasteiger partial charge in [0.2, 0.25) is 10.0 Å². The molecule has 150 valence electrons. The van der Waals surface area contributed by atoms with Crippen LogP contribution in [0.5, 0.6) is 5.75 Å². The third kappa shape index (κ3) is 6.58. The van der Waals surface area contributed by atoms with Crippen LogP contribution in [-0.2, 0) is 14.8 Å². The van der Waals surface area contributed by atoms with Crippen molar-refractivity contribution in [2.75, 3.05) is 29.4 Å². The molecule has 2 aromatic rings. The molecule has 0 spiro atoms. The molecular formula is C19H23N3O5S. The molecule has 9 heteroatoms. The van der Waals surface area contributed by atoms with Crippen LogP contribution in [0.1, 0.15) is 22.8 Å². The lowest BCUT2D eigenvalue weighted by Crippen LogP contribution is -2.28. The smallest absolute Gasteiger partial charge is 0.257 e. The van der Waals surface area contributed by atoms with E-state index < -0.39 is 15.9 Å². The summed E-state index contributed by atoms with van der Waals surface area (Å²) >= 11 is 0. The molecule has 0 atom stereocenters. The number of benzene rings is 2. The zero-order chi connectivity index (χ0) is 20.7. The van der Waals surface area contributed by atoms with Gasteiger partial charge in [0.1, 0.15) is 5.75 Å². The molecule has 2 amide bonds. The van der Waals surface area contributed by atoms with Crippen molar-refractivity contribution in [2.24, 2.45) is 0 Å². The molecular weight excluding hydrogens is 382 g/mol. The summed E-state index contributed by atoms with van der Waals surface area (Å²) in [6.45, 7) is 3.95. The number of rotatable bonds is 8. The first-order chi connectivity index (χ1) is 13.2. The minimum atomic E-state index is -3.46. The Balaban J connectivity index is 2.09. The van der Waals surface area contributed by atoms with Crippen LogP contribution in [0, 0.1) is 6.92 Å². The summed E-state index contributed by atoms with van der Waals surface area (Å²) in [4.78, 5) is 24.0. The number of carbonyl (C=O) groups is 2. The number of hydrogen-bond acceptors (Lipinski definition) is 5. The van der Waals surface area contributed by atoms with Crippen LogP contribution in [0.4, 0.5) is 11.4 Å². The summed E-state index contributed by atoms with van der Waals surface area (Å²) in [6, 6.07) is 11.4. The van der Waals surface area contributed by atoms with E-state index >= 15 is 0 Å². The lowest BCUT2D eigenvalue weighted by Gasteiger charge is -2.11. The van der Waals surface area contributed by atoms with Gasteiger partial charge in [0.15, 0.2) is 6.61 Å². The summed E-state index contributed by atoms with van der Waals surface area (Å²) in [7, 11) is -3.46. The first kappa shape index (κ1) is 21.2. The maximum Gasteiger partial charge on any atom is 0.257 e. The van der Waals surface area contributed by atoms with Gasteiger partial charge in [-0.3, -0.25) is 14.3 Å². The van der Waals surface area contributed by atoms with Crippen molar-refractivity contribution in [1.29, 1.82) is 0 Å². The molecule has 0 radical (unpaired) electrons. The number of sulfonamides is 1. The first-order valence-electron chi connectivity index (χ1n) is 8.57. The SMILES string of the molecule is CCNC(=O)COc1cccc(NC(=O)c2ccc(C)c(NS(C)(=O)=O)c2)c1. The second-order valence-electron chi connectivity index (χ2n) is 6.13. The van der Waals surface area contributed by atoms with Gasteiger partial charge in [-0.15, -0.1) is 0 Å². The number of nitrogens with one attached hydrogen (secondary N) is 3. The van der Waals surface area contributed by atoms with E-state index in [1.165, 1.54) is 6.07 Å². The Bertz CT molecular complexity index is 973. The zero-order valence-electron chi connectivity index (χ0n) is 15.9. The molecule has 28 heavy (non-hydrogen) atoms. The zero-order valence-corrected chi connectivity index (χ0v) is 16.7. The summed E-state index contributed by atoms with van der Waals surface area (Å²) in [5.74, 6) is -0.202. The normalized spacial score (nSPS) is 10.8. The van der Waals surface area contributed by atoms with Crippen molar-refractivity contribution >= 4 is 33.2 Å². The van der Waals surface area contributed by atoms with E-state index in [1.807, 2.05) is 6.92 Å².